The van der Waals surface area contributed by atoms with Gasteiger partial charge < -0.3 is 0 Å². The number of hydrogen-bond donors (Lipinski definition) is 0. The molecular formula is C13H22IN. The van der Waals surface area contributed by atoms with E-state index in [1.807, 2.05) is 0 Å². The molecular weight excluding hydrogens is 297 g/mol. The Morgan fingerprint density at radius 3 is 2.33 bits per heavy atom. The first-order valence-electron chi connectivity index (χ1n) is 6.78. The average molecular weight is 319 g/mol. The van der Waals surface area contributed by atoms with Crippen molar-refractivity contribution in [3.05, 3.63) is 0 Å². The minimum Gasteiger partial charge on any atom is -0.244 e. The Bertz CT molecular complexity index is 231. The van der Waals surface area contributed by atoms with Gasteiger partial charge in [0.2, 0.25) is 0 Å². The Labute approximate surface area is 107 Å². The fourth-order valence-corrected chi connectivity index (χ4v) is 5.57. The predicted molar refractivity (Wildman–Crippen MR) is 71.9 cm³/mol. The Balaban J connectivity index is 1.79. The van der Waals surface area contributed by atoms with Gasteiger partial charge in [0.1, 0.15) is 0 Å². The van der Waals surface area contributed by atoms with Crippen LogP contribution in [0, 0.1) is 17.8 Å². The van der Waals surface area contributed by atoms with Gasteiger partial charge in [0.05, 0.1) is 0 Å². The molecule has 0 aromatic heterocycles. The molecule has 86 valence electrons. The lowest BCUT2D eigenvalue weighted by atomic mass is 9.64. The SMILES string of the molecule is IN1CC2CCCCC2C2CCCCC21. The van der Waals surface area contributed by atoms with E-state index in [-0.39, 0.29) is 0 Å². The second-order valence-corrected chi connectivity index (χ2v) is 7.05. The predicted octanol–water partition coefficient (Wildman–Crippen LogP) is 4.02. The van der Waals surface area contributed by atoms with Crippen LogP contribution in [0.15, 0.2) is 0 Å². The van der Waals surface area contributed by atoms with E-state index in [1.165, 1.54) is 51.5 Å². The second kappa shape index (κ2) is 4.52. The van der Waals surface area contributed by atoms with Crippen molar-refractivity contribution in [3.63, 3.8) is 0 Å². The first-order chi connectivity index (χ1) is 7.36. The van der Waals surface area contributed by atoms with Crippen molar-refractivity contribution in [1.82, 2.24) is 3.11 Å². The summed E-state index contributed by atoms with van der Waals surface area (Å²) in [6, 6.07) is 0.943. The summed E-state index contributed by atoms with van der Waals surface area (Å²) in [6.07, 6.45) is 12.1. The molecule has 2 saturated carbocycles. The first kappa shape index (κ1) is 10.8. The number of fused-ring (bicyclic) bond motifs is 3. The summed E-state index contributed by atoms with van der Waals surface area (Å²) < 4.78 is 2.67. The maximum Gasteiger partial charge on any atom is 0.0225 e. The van der Waals surface area contributed by atoms with Crippen LogP contribution in [0.3, 0.4) is 0 Å². The zero-order chi connectivity index (χ0) is 10.3. The van der Waals surface area contributed by atoms with E-state index < -0.39 is 0 Å². The van der Waals surface area contributed by atoms with Crippen molar-refractivity contribution in [3.8, 4) is 0 Å². The van der Waals surface area contributed by atoms with Crippen molar-refractivity contribution in [2.75, 3.05) is 6.54 Å². The van der Waals surface area contributed by atoms with Gasteiger partial charge in [-0.15, -0.1) is 0 Å². The van der Waals surface area contributed by atoms with Crippen LogP contribution in [0.4, 0.5) is 0 Å². The lowest BCUT2D eigenvalue weighted by Crippen LogP contribution is -2.51. The van der Waals surface area contributed by atoms with E-state index in [9.17, 15) is 0 Å². The monoisotopic (exact) mass is 319 g/mol. The van der Waals surface area contributed by atoms with E-state index in [0.29, 0.717) is 0 Å². The number of halogens is 1. The Hall–Kier alpha value is 0.690. The molecule has 1 nitrogen and oxygen atoms in total. The van der Waals surface area contributed by atoms with Gasteiger partial charge in [-0.05, 0) is 43.4 Å². The summed E-state index contributed by atoms with van der Waals surface area (Å²) in [5.41, 5.74) is 0. The molecule has 1 heterocycles. The van der Waals surface area contributed by atoms with Gasteiger partial charge in [0.15, 0.2) is 0 Å². The molecule has 0 aromatic rings. The zero-order valence-corrected chi connectivity index (χ0v) is 11.7. The minimum absolute atomic E-state index is 0.943. The second-order valence-electron chi connectivity index (χ2n) is 5.81. The van der Waals surface area contributed by atoms with Gasteiger partial charge in [0, 0.05) is 35.5 Å². The number of nitrogens with zero attached hydrogens (tertiary/aromatic N) is 1. The molecule has 0 radical (unpaired) electrons. The summed E-state index contributed by atoms with van der Waals surface area (Å²) in [6.45, 7) is 1.40. The highest BCUT2D eigenvalue weighted by atomic mass is 127. The van der Waals surface area contributed by atoms with E-state index in [4.69, 9.17) is 0 Å². The average Bonchev–Trinajstić information content (AvgIpc) is 2.30. The van der Waals surface area contributed by atoms with Gasteiger partial charge >= 0.3 is 0 Å². The van der Waals surface area contributed by atoms with Crippen LogP contribution < -0.4 is 0 Å². The van der Waals surface area contributed by atoms with Gasteiger partial charge in [-0.1, -0.05) is 25.7 Å². The third kappa shape index (κ3) is 1.97. The minimum atomic E-state index is 0.943. The molecule has 0 bridgehead atoms. The van der Waals surface area contributed by atoms with E-state index >= 15 is 0 Å². The van der Waals surface area contributed by atoms with Crippen molar-refractivity contribution < 1.29 is 0 Å². The number of piperidine rings is 1. The third-order valence-corrected chi connectivity index (χ3v) is 6.18. The maximum atomic E-state index is 2.67. The summed E-state index contributed by atoms with van der Waals surface area (Å²) in [7, 11) is 0. The fourth-order valence-electron chi connectivity index (χ4n) is 4.37. The lowest BCUT2D eigenvalue weighted by Gasteiger charge is -2.51. The van der Waals surface area contributed by atoms with E-state index in [2.05, 4.69) is 26.0 Å². The van der Waals surface area contributed by atoms with Crippen molar-refractivity contribution in [2.24, 2.45) is 17.8 Å². The summed E-state index contributed by atoms with van der Waals surface area (Å²) in [5.74, 6) is 3.22. The van der Waals surface area contributed by atoms with Crippen molar-refractivity contribution in [2.45, 2.75) is 57.4 Å². The molecule has 1 aliphatic heterocycles. The highest BCUT2D eigenvalue weighted by molar-refractivity contribution is 14.1. The molecule has 3 aliphatic rings. The topological polar surface area (TPSA) is 3.24 Å². The quantitative estimate of drug-likeness (QED) is 0.481. The van der Waals surface area contributed by atoms with Crippen LogP contribution in [0.2, 0.25) is 0 Å². The first-order valence-corrected chi connectivity index (χ1v) is 7.75. The highest BCUT2D eigenvalue weighted by Gasteiger charge is 2.43. The van der Waals surface area contributed by atoms with Gasteiger partial charge in [-0.2, -0.15) is 0 Å². The molecule has 0 spiro atoms. The molecule has 0 amide bonds. The lowest BCUT2D eigenvalue weighted by molar-refractivity contribution is 0.0188. The molecule has 3 fully saturated rings. The molecule has 3 rings (SSSR count). The normalized spacial score (nSPS) is 47.0. The van der Waals surface area contributed by atoms with Crippen LogP contribution >= 0.6 is 22.9 Å². The van der Waals surface area contributed by atoms with Gasteiger partial charge in [0.25, 0.3) is 0 Å². The molecule has 2 aliphatic carbocycles. The van der Waals surface area contributed by atoms with Crippen LogP contribution in [-0.2, 0) is 0 Å². The Kier molecular flexibility index (Phi) is 3.26. The standard InChI is InChI=1S/C13H22IN/c14-15-9-10-5-1-2-6-11(10)12-7-3-4-8-13(12)15/h10-13H,1-9H2. The molecule has 0 aromatic carbocycles. The molecule has 2 heteroatoms. The Morgan fingerprint density at radius 1 is 0.800 bits per heavy atom. The summed E-state index contributed by atoms with van der Waals surface area (Å²) in [4.78, 5) is 0. The smallest absolute Gasteiger partial charge is 0.0225 e. The molecule has 4 unspecified atom stereocenters. The largest absolute Gasteiger partial charge is 0.244 e. The van der Waals surface area contributed by atoms with Crippen LogP contribution in [-0.4, -0.2) is 15.7 Å². The molecule has 1 saturated heterocycles. The van der Waals surface area contributed by atoms with Crippen LogP contribution in [0.1, 0.15) is 51.4 Å². The van der Waals surface area contributed by atoms with Crippen LogP contribution in [0.25, 0.3) is 0 Å². The Morgan fingerprint density at radius 2 is 1.47 bits per heavy atom. The number of hydrogen-bond acceptors (Lipinski definition) is 1. The van der Waals surface area contributed by atoms with Gasteiger partial charge in [-0.3, -0.25) is 0 Å². The zero-order valence-electron chi connectivity index (χ0n) is 9.50. The van der Waals surface area contributed by atoms with Crippen molar-refractivity contribution >= 4 is 22.9 Å². The highest BCUT2D eigenvalue weighted by Crippen LogP contribution is 2.48. The van der Waals surface area contributed by atoms with E-state index in [1.54, 1.807) is 6.42 Å². The van der Waals surface area contributed by atoms with Crippen LogP contribution in [0.5, 0.6) is 0 Å². The molecule has 0 N–H and O–H groups in total. The fraction of sp³-hybridized carbons (Fsp3) is 1.00. The summed E-state index contributed by atoms with van der Waals surface area (Å²) in [5, 5.41) is 0. The van der Waals surface area contributed by atoms with Gasteiger partial charge in [-0.25, -0.2) is 3.11 Å². The molecule has 4 atom stereocenters. The van der Waals surface area contributed by atoms with Crippen molar-refractivity contribution in [1.29, 1.82) is 0 Å². The number of rotatable bonds is 0. The summed E-state index contributed by atoms with van der Waals surface area (Å²) >= 11 is 2.61. The molecule has 15 heavy (non-hydrogen) atoms. The van der Waals surface area contributed by atoms with E-state index in [0.717, 1.165) is 23.8 Å². The third-order valence-electron chi connectivity index (χ3n) is 5.07. The maximum absolute atomic E-state index is 2.67.